The topological polar surface area (TPSA) is 243 Å². The first-order valence-corrected chi connectivity index (χ1v) is 29.8. The Labute approximate surface area is 519 Å². The Morgan fingerprint density at radius 1 is 0.549 bits per heavy atom. The van der Waals surface area contributed by atoms with E-state index in [9.17, 15) is 45.1 Å². The number of halogens is 2. The molecule has 0 fully saturated rings. The molecule has 0 aliphatic carbocycles. The van der Waals surface area contributed by atoms with E-state index in [1.807, 2.05) is 27.9 Å². The molecule has 0 aliphatic heterocycles. The maximum Gasteiger partial charge on any atom is 0.333 e. The molecule has 23 heteroatoms. The molecule has 0 heterocycles. The van der Waals surface area contributed by atoms with E-state index in [1.165, 1.54) is 81.7 Å². The first kappa shape index (κ1) is 89.1. The van der Waals surface area contributed by atoms with Gasteiger partial charge in [-0.1, -0.05) is 108 Å². The van der Waals surface area contributed by atoms with Gasteiger partial charge >= 0.3 is 17.9 Å². The largest absolute Gasteiger partial charge is 1.00 e. The first-order valence-electron chi connectivity index (χ1n) is 27.0. The number of nitrogens with zero attached hydrogens (tertiary/aromatic N) is 4. The van der Waals surface area contributed by atoms with Gasteiger partial charge in [-0.15, -0.1) is 0 Å². The number of ether oxygens (including phenoxy) is 3. The number of hydrogen-bond donors (Lipinski definition) is 2. The van der Waals surface area contributed by atoms with Crippen molar-refractivity contribution < 1.29 is 119 Å². The van der Waals surface area contributed by atoms with Crippen molar-refractivity contribution in [1.82, 2.24) is 5.32 Å². The van der Waals surface area contributed by atoms with E-state index >= 15 is 0 Å². The highest BCUT2D eigenvalue weighted by Gasteiger charge is 2.17. The second-order valence-electron chi connectivity index (χ2n) is 22.2. The molecule has 2 aromatic rings. The van der Waals surface area contributed by atoms with Gasteiger partial charge in [0.1, 0.15) is 66.2 Å². The summed E-state index contributed by atoms with van der Waals surface area (Å²) in [5.74, 6) is -1.06. The van der Waals surface area contributed by atoms with Crippen LogP contribution in [0.5, 0.6) is 0 Å². The number of esters is 3. The third kappa shape index (κ3) is 57.7. The van der Waals surface area contributed by atoms with Crippen LogP contribution in [0.2, 0.25) is 0 Å². The van der Waals surface area contributed by atoms with E-state index in [0.717, 1.165) is 63.4 Å². The van der Waals surface area contributed by atoms with Crippen molar-refractivity contribution in [3.63, 3.8) is 0 Å². The second-order valence-corrected chi connectivity index (χ2v) is 25.0. The van der Waals surface area contributed by atoms with Crippen molar-refractivity contribution in [3.05, 3.63) is 109 Å². The van der Waals surface area contributed by atoms with Gasteiger partial charge in [-0.05, 0) is 77.3 Å². The lowest BCUT2D eigenvalue weighted by Gasteiger charge is -2.29. The lowest BCUT2D eigenvalue weighted by Crippen LogP contribution is -3.00. The van der Waals surface area contributed by atoms with E-state index in [1.54, 1.807) is 38.1 Å². The molecule has 0 bridgehead atoms. The van der Waals surface area contributed by atoms with Gasteiger partial charge in [0.25, 0.3) is 0 Å². The van der Waals surface area contributed by atoms with Crippen LogP contribution in [0.15, 0.2) is 108 Å². The summed E-state index contributed by atoms with van der Waals surface area (Å²) in [4.78, 5) is 43.3. The number of carbonyl (C=O) groups excluding carboxylic acids is 4. The van der Waals surface area contributed by atoms with Gasteiger partial charge in [0.05, 0.1) is 106 Å². The Morgan fingerprint density at radius 2 is 0.890 bits per heavy atom. The predicted molar refractivity (Wildman–Crippen MR) is 318 cm³/mol. The Morgan fingerprint density at radius 3 is 1.21 bits per heavy atom. The fourth-order valence-corrected chi connectivity index (χ4v) is 6.92. The van der Waals surface area contributed by atoms with E-state index in [0.29, 0.717) is 55.1 Å². The number of unbranched alkanes of at least 4 members (excludes halogenated alkanes) is 6. The molecule has 0 aromatic heterocycles. The third-order valence-corrected chi connectivity index (χ3v) is 13.2. The van der Waals surface area contributed by atoms with Crippen molar-refractivity contribution in [3.8, 4) is 0 Å². The zero-order chi connectivity index (χ0) is 62.8. The molecule has 82 heavy (non-hydrogen) atoms. The smallest absolute Gasteiger partial charge is 0.333 e. The number of amides is 1. The van der Waals surface area contributed by atoms with Crippen molar-refractivity contribution in [1.29, 1.82) is 0 Å². The first-order chi connectivity index (χ1) is 36.7. The summed E-state index contributed by atoms with van der Waals surface area (Å²) >= 11 is 0. The summed E-state index contributed by atoms with van der Waals surface area (Å²) in [6.45, 7) is 33.6. The summed E-state index contributed by atoms with van der Waals surface area (Å²) < 4.78 is 80.7. The number of hydrogen-bond acceptors (Lipinski definition) is 14. The Hall–Kier alpha value is -4.08. The average molecular weight is 1340 g/mol. The highest BCUT2D eigenvalue weighted by Crippen LogP contribution is 2.11. The lowest BCUT2D eigenvalue weighted by molar-refractivity contribution is -0.890. The number of aliphatic hydroxyl groups excluding tert-OH is 1. The molecule has 476 valence electrons. The minimum absolute atomic E-state index is 0. The lowest BCUT2D eigenvalue weighted by atomic mass is 10.1. The van der Waals surface area contributed by atoms with E-state index in [4.69, 9.17) is 19.3 Å². The number of rotatable bonds is 30. The summed E-state index contributed by atoms with van der Waals surface area (Å²) in [7, 11) is 10.4. The molecule has 19 nitrogen and oxygen atoms in total. The monoisotopic (exact) mass is 1330 g/mol. The number of carbonyl (C=O) groups is 4. The van der Waals surface area contributed by atoms with Gasteiger partial charge in [0.2, 0.25) is 5.91 Å². The molecular formula is C59H105ClIN5O14S2. The van der Waals surface area contributed by atoms with Crippen LogP contribution in [0.1, 0.15) is 90.2 Å². The molecule has 0 aliphatic rings. The zero-order valence-electron chi connectivity index (χ0n) is 52.4. The molecule has 0 unspecified atom stereocenters. The van der Waals surface area contributed by atoms with Crippen LogP contribution >= 0.6 is 0 Å². The van der Waals surface area contributed by atoms with Crippen LogP contribution in [0.3, 0.4) is 0 Å². The normalized spacial score (nSPS) is 11.0. The summed E-state index contributed by atoms with van der Waals surface area (Å²) in [6, 6.07) is 11.6. The number of aryl methyl sites for hydroxylation is 2. The summed E-state index contributed by atoms with van der Waals surface area (Å²) in [5.41, 5.74) is 2.80. The SMILES string of the molecule is C=C(C)C(=O)OCC[N+](C)(C)CCCC.C=C(C)C(=O)OCC[N+](C)(C)CCCCCCCC.C=CC(=O)NCC[N+](C)(C)C.C=CC(=O)OCC[N+](C)(C)CCO.Cc1ccc(S(=O)(=O)[O-])cc1.Cc1ccc(S(=O)(=O)[O-])cc1.[Cl-].[I-]. The number of aliphatic hydroxyl groups is 1. The molecule has 0 atom stereocenters. The Balaban J connectivity index is -0.000000213. The Bertz CT molecular complexity index is 2270. The molecule has 1 amide bonds. The van der Waals surface area contributed by atoms with Crippen LogP contribution < -0.4 is 41.7 Å². The quantitative estimate of drug-likeness (QED) is 0.0212. The minimum atomic E-state index is -4.27. The number of quaternary nitrogens is 4. The van der Waals surface area contributed by atoms with Crippen LogP contribution in [-0.2, 0) is 53.6 Å². The molecule has 0 spiro atoms. The van der Waals surface area contributed by atoms with Gasteiger partial charge in [-0.25, -0.2) is 31.2 Å². The number of likely N-dealkylation sites (N-methyl/N-ethyl adjacent to an activating group) is 4. The van der Waals surface area contributed by atoms with E-state index in [2.05, 4.69) is 94.8 Å². The molecule has 2 rings (SSSR count). The number of benzene rings is 2. The predicted octanol–water partition coefficient (Wildman–Crippen LogP) is 1.11. The van der Waals surface area contributed by atoms with Gasteiger partial charge in [-0.2, -0.15) is 0 Å². The van der Waals surface area contributed by atoms with Crippen molar-refractivity contribution in [2.24, 2.45) is 0 Å². The van der Waals surface area contributed by atoms with Crippen molar-refractivity contribution >= 4 is 44.1 Å². The molecule has 0 saturated heterocycles. The molecule has 2 N–H and O–H groups in total. The second kappa shape index (κ2) is 48.2. The van der Waals surface area contributed by atoms with E-state index in [-0.39, 0.29) is 70.6 Å². The fourth-order valence-electron chi connectivity index (χ4n) is 5.98. The molecule has 0 saturated carbocycles. The van der Waals surface area contributed by atoms with Gasteiger partial charge in [0.15, 0.2) is 0 Å². The Kier molecular flexibility index (Phi) is 52.4. The van der Waals surface area contributed by atoms with Crippen molar-refractivity contribution in [2.45, 2.75) is 103 Å². The zero-order valence-corrected chi connectivity index (χ0v) is 56.9. The summed E-state index contributed by atoms with van der Waals surface area (Å²) in [5, 5.41) is 11.4. The summed E-state index contributed by atoms with van der Waals surface area (Å²) in [6.07, 6.45) is 12.8. The van der Waals surface area contributed by atoms with Crippen LogP contribution in [0.4, 0.5) is 0 Å². The molecule has 2 aromatic carbocycles. The highest BCUT2D eigenvalue weighted by atomic mass is 127. The molecule has 0 radical (unpaired) electrons. The van der Waals surface area contributed by atoms with Gasteiger partial charge in [0, 0.05) is 17.2 Å². The third-order valence-electron chi connectivity index (χ3n) is 11.5. The van der Waals surface area contributed by atoms with Crippen LogP contribution in [-0.4, -0.2) is 215 Å². The maximum atomic E-state index is 11.3. The molecular weight excluding hydrogens is 1230 g/mol. The van der Waals surface area contributed by atoms with Crippen LogP contribution in [0, 0.1) is 13.8 Å². The fraction of sp³-hybridized carbons (Fsp3) is 0.593. The number of nitrogens with one attached hydrogen (secondary N) is 1. The maximum absolute atomic E-state index is 11.3. The van der Waals surface area contributed by atoms with Gasteiger partial charge in [-0.3, -0.25) is 4.79 Å². The van der Waals surface area contributed by atoms with Gasteiger partial charge < -0.3 is 88.1 Å². The van der Waals surface area contributed by atoms with Crippen molar-refractivity contribution in [2.75, 3.05) is 142 Å². The highest BCUT2D eigenvalue weighted by molar-refractivity contribution is 7.86. The minimum Gasteiger partial charge on any atom is -1.00 e. The average Bonchev–Trinajstić information content (AvgIpc) is 3.34. The van der Waals surface area contributed by atoms with Crippen LogP contribution in [0.25, 0.3) is 0 Å². The van der Waals surface area contributed by atoms with E-state index < -0.39 is 26.2 Å². The standard InChI is InChI=1S/C16H32NO2.C12H24NO2.C9H18NO3.C8H16N2O.2C7H8O3S.ClH.HI/c1-6-7-8-9-10-11-12-17(4,5)13-14-19-16(18)15(2)3;1-6-7-8-13(4,5)9-10-15-12(14)11(2)3;1-4-9(12)13-8-6-10(2,3)5-7-11;1-5-8(11)9-6-7-10(2,3)4;2*1-6-2-4-7(5-3-6)11(8,9)10;;/h2,6-14H2,1,3-5H3;2,6-10H2,1,3-5H3;4,11H,1,5-8H2,2-3H3;5H,1,6-7H2,2-4H3;2*2-5H,1H3,(H,8,9,10);2*1H/q3*+1;;;;;/p-3.